The van der Waals surface area contributed by atoms with Crippen molar-refractivity contribution in [3.05, 3.63) is 28.8 Å². The van der Waals surface area contributed by atoms with E-state index >= 15 is 0 Å². The number of ketones is 1. The van der Waals surface area contributed by atoms with Crippen molar-refractivity contribution in [2.45, 2.75) is 13.0 Å². The quantitative estimate of drug-likeness (QED) is 0.773. The molecule has 1 aromatic carbocycles. The first-order valence-electron chi connectivity index (χ1n) is 5.23. The van der Waals surface area contributed by atoms with E-state index in [9.17, 15) is 9.59 Å². The van der Waals surface area contributed by atoms with Gasteiger partial charge in [-0.05, 0) is 19.1 Å². The first-order valence-corrected chi connectivity index (χ1v) is 5.61. The zero-order chi connectivity index (χ0) is 12.6. The van der Waals surface area contributed by atoms with Crippen molar-refractivity contribution in [3.63, 3.8) is 0 Å². The van der Waals surface area contributed by atoms with Crippen LogP contribution in [0.3, 0.4) is 0 Å². The third kappa shape index (κ3) is 1.94. The second-order valence-corrected chi connectivity index (χ2v) is 4.33. The summed E-state index contributed by atoms with van der Waals surface area (Å²) in [5.41, 5.74) is 0.860. The summed E-state index contributed by atoms with van der Waals surface area (Å²) in [7, 11) is 1.56. The largest absolute Gasteiger partial charge is 0.380 e. The molecule has 17 heavy (non-hydrogen) atoms. The van der Waals surface area contributed by atoms with Crippen molar-refractivity contribution >= 4 is 29.0 Å². The molecule has 1 aliphatic heterocycles. The maximum atomic E-state index is 11.8. The van der Waals surface area contributed by atoms with Crippen LogP contribution in [0.15, 0.2) is 18.2 Å². The summed E-state index contributed by atoms with van der Waals surface area (Å²) < 4.78 is 5.10. The van der Waals surface area contributed by atoms with E-state index in [1.165, 1.54) is 4.90 Å². The van der Waals surface area contributed by atoms with Crippen molar-refractivity contribution in [2.75, 3.05) is 18.6 Å². The number of amides is 1. The Morgan fingerprint density at radius 1 is 1.41 bits per heavy atom. The van der Waals surface area contributed by atoms with Gasteiger partial charge < -0.3 is 9.64 Å². The van der Waals surface area contributed by atoms with Crippen molar-refractivity contribution in [3.8, 4) is 0 Å². The second-order valence-electron chi connectivity index (χ2n) is 3.93. The number of carbonyl (C=O) groups is 2. The molecule has 0 aliphatic carbocycles. The molecule has 0 radical (unpaired) electrons. The third-order valence-corrected chi connectivity index (χ3v) is 3.09. The highest BCUT2D eigenvalue weighted by Crippen LogP contribution is 2.35. The number of Topliss-reactive ketones (excluding diaryl/α,β-unsaturated/α-hetero) is 1. The standard InChI is InChI=1S/C12H12ClNO3/c1-7(17-2)6-14-10-8(11(15)12(14)16)4-3-5-9(10)13/h3-5,7H,6H2,1-2H3. The van der Waals surface area contributed by atoms with Crippen molar-refractivity contribution < 1.29 is 14.3 Å². The smallest absolute Gasteiger partial charge is 0.299 e. The fraction of sp³-hybridized carbons (Fsp3) is 0.333. The summed E-state index contributed by atoms with van der Waals surface area (Å²) in [6.07, 6.45) is -0.158. The van der Waals surface area contributed by atoms with Gasteiger partial charge in [0.15, 0.2) is 0 Å². The Balaban J connectivity index is 2.43. The molecule has 0 spiro atoms. The first kappa shape index (κ1) is 12.1. The molecule has 0 N–H and O–H groups in total. The molecular weight excluding hydrogens is 242 g/mol. The van der Waals surface area contributed by atoms with Gasteiger partial charge in [0.25, 0.3) is 11.7 Å². The van der Waals surface area contributed by atoms with Gasteiger partial charge in [-0.2, -0.15) is 0 Å². The predicted octanol–water partition coefficient (Wildman–Crippen LogP) is 1.90. The molecule has 1 aliphatic rings. The van der Waals surface area contributed by atoms with Gasteiger partial charge in [-0.15, -0.1) is 0 Å². The zero-order valence-electron chi connectivity index (χ0n) is 9.57. The minimum absolute atomic E-state index is 0.158. The van der Waals surface area contributed by atoms with Crippen LogP contribution >= 0.6 is 11.6 Å². The van der Waals surface area contributed by atoms with E-state index in [2.05, 4.69) is 0 Å². The lowest BCUT2D eigenvalue weighted by molar-refractivity contribution is -0.114. The fourth-order valence-corrected chi connectivity index (χ4v) is 2.09. The van der Waals surface area contributed by atoms with Gasteiger partial charge in [0, 0.05) is 7.11 Å². The minimum Gasteiger partial charge on any atom is -0.380 e. The number of carbonyl (C=O) groups excluding carboxylic acids is 2. The van der Waals surface area contributed by atoms with Crippen LogP contribution in [0, 0.1) is 0 Å². The zero-order valence-corrected chi connectivity index (χ0v) is 10.3. The highest BCUT2D eigenvalue weighted by molar-refractivity contribution is 6.54. The van der Waals surface area contributed by atoms with Crippen LogP contribution in [-0.4, -0.2) is 31.4 Å². The summed E-state index contributed by atoms with van der Waals surface area (Å²) in [4.78, 5) is 24.9. The first-order chi connectivity index (χ1) is 8.06. The van der Waals surface area contributed by atoms with Crippen LogP contribution in [-0.2, 0) is 9.53 Å². The van der Waals surface area contributed by atoms with Gasteiger partial charge in [0.2, 0.25) is 0 Å². The number of nitrogens with zero attached hydrogens (tertiary/aromatic N) is 1. The monoisotopic (exact) mass is 253 g/mol. The van der Waals surface area contributed by atoms with E-state index in [1.54, 1.807) is 25.3 Å². The molecule has 1 atom stereocenters. The molecule has 1 unspecified atom stereocenters. The summed E-state index contributed by atoms with van der Waals surface area (Å²) in [6.45, 7) is 2.14. The van der Waals surface area contributed by atoms with Crippen LogP contribution < -0.4 is 4.90 Å². The molecule has 0 fully saturated rings. The molecule has 4 nitrogen and oxygen atoms in total. The Morgan fingerprint density at radius 2 is 2.12 bits per heavy atom. The number of halogens is 1. The Labute approximate surface area is 104 Å². The van der Waals surface area contributed by atoms with Gasteiger partial charge in [0.05, 0.1) is 28.9 Å². The van der Waals surface area contributed by atoms with Gasteiger partial charge in [-0.1, -0.05) is 17.7 Å². The summed E-state index contributed by atoms with van der Waals surface area (Å²) >= 11 is 6.03. The van der Waals surface area contributed by atoms with Crippen LogP contribution in [0.2, 0.25) is 5.02 Å². The van der Waals surface area contributed by atoms with E-state index in [4.69, 9.17) is 16.3 Å². The number of anilines is 1. The topological polar surface area (TPSA) is 46.6 Å². The van der Waals surface area contributed by atoms with Crippen molar-refractivity contribution in [2.24, 2.45) is 0 Å². The minimum atomic E-state index is -0.544. The molecule has 0 aromatic heterocycles. The molecule has 0 saturated carbocycles. The number of hydrogen-bond acceptors (Lipinski definition) is 3. The predicted molar refractivity (Wildman–Crippen MR) is 64.6 cm³/mol. The fourth-order valence-electron chi connectivity index (χ4n) is 1.82. The number of fused-ring (bicyclic) bond motifs is 1. The molecule has 5 heteroatoms. The molecule has 90 valence electrons. The van der Waals surface area contributed by atoms with Gasteiger partial charge in [-0.3, -0.25) is 9.59 Å². The van der Waals surface area contributed by atoms with Crippen LogP contribution in [0.4, 0.5) is 5.69 Å². The van der Waals surface area contributed by atoms with E-state index in [0.29, 0.717) is 22.8 Å². The van der Waals surface area contributed by atoms with Gasteiger partial charge >= 0.3 is 0 Å². The molecule has 2 rings (SSSR count). The number of benzene rings is 1. The van der Waals surface area contributed by atoms with Gasteiger partial charge in [-0.25, -0.2) is 0 Å². The number of rotatable bonds is 3. The normalized spacial score (nSPS) is 16.3. The maximum Gasteiger partial charge on any atom is 0.299 e. The lowest BCUT2D eigenvalue weighted by Crippen LogP contribution is -2.36. The molecule has 0 bridgehead atoms. The number of hydrogen-bond donors (Lipinski definition) is 0. The van der Waals surface area contributed by atoms with E-state index in [-0.39, 0.29) is 6.10 Å². The Hall–Kier alpha value is -1.39. The SMILES string of the molecule is COC(C)CN1C(=O)C(=O)c2cccc(Cl)c21. The molecule has 1 amide bonds. The average Bonchev–Trinajstić information content (AvgIpc) is 2.56. The van der Waals surface area contributed by atoms with E-state index in [1.807, 2.05) is 6.92 Å². The lowest BCUT2D eigenvalue weighted by atomic mass is 10.1. The second kappa shape index (κ2) is 4.47. The number of methoxy groups -OCH3 is 1. The Morgan fingerprint density at radius 3 is 2.76 bits per heavy atom. The third-order valence-electron chi connectivity index (χ3n) is 2.78. The summed E-state index contributed by atoms with van der Waals surface area (Å²) in [5.74, 6) is -1.05. The van der Waals surface area contributed by atoms with E-state index in [0.717, 1.165) is 0 Å². The van der Waals surface area contributed by atoms with Crippen LogP contribution in [0.1, 0.15) is 17.3 Å². The van der Waals surface area contributed by atoms with E-state index < -0.39 is 11.7 Å². The highest BCUT2D eigenvalue weighted by Gasteiger charge is 2.37. The molecular formula is C12H12ClNO3. The average molecular weight is 254 g/mol. The van der Waals surface area contributed by atoms with Crippen molar-refractivity contribution in [1.29, 1.82) is 0 Å². The van der Waals surface area contributed by atoms with Gasteiger partial charge in [0.1, 0.15) is 0 Å². The molecule has 1 aromatic rings. The van der Waals surface area contributed by atoms with Crippen LogP contribution in [0.5, 0.6) is 0 Å². The summed E-state index contributed by atoms with van der Waals surface area (Å²) in [6, 6.07) is 4.94. The Bertz CT molecular complexity index is 487. The highest BCUT2D eigenvalue weighted by atomic mass is 35.5. The number of para-hydroxylation sites is 1. The van der Waals surface area contributed by atoms with Crippen LogP contribution in [0.25, 0.3) is 0 Å². The molecule has 1 heterocycles. The van der Waals surface area contributed by atoms with Crippen molar-refractivity contribution in [1.82, 2.24) is 0 Å². The lowest BCUT2D eigenvalue weighted by Gasteiger charge is -2.20. The molecule has 0 saturated heterocycles. The number of ether oxygens (including phenoxy) is 1. The maximum absolute atomic E-state index is 11.8. The Kier molecular flexibility index (Phi) is 3.17. The summed E-state index contributed by atoms with van der Waals surface area (Å²) in [5, 5.41) is 0.407.